The Morgan fingerprint density at radius 2 is 0.471 bits per heavy atom. The number of hydrogen-bond acceptors (Lipinski definition) is 10. The van der Waals surface area contributed by atoms with Crippen LogP contribution in [0.1, 0.15) is 0 Å². The van der Waals surface area contributed by atoms with Crippen molar-refractivity contribution < 1.29 is 84.2 Å². The minimum atomic E-state index is -0.500. The van der Waals surface area contributed by atoms with Crippen molar-refractivity contribution in [3.05, 3.63) is 0 Å². The van der Waals surface area contributed by atoms with Gasteiger partial charge in [-0.2, -0.15) is 0 Å². The van der Waals surface area contributed by atoms with Crippen molar-refractivity contribution in [3.8, 4) is 0 Å². The maximum absolute atomic E-state index is 8.25. The number of rotatable bonds is 0. The summed E-state index contributed by atoms with van der Waals surface area (Å²) in [6, 6.07) is 0. The molecular weight excluding hydrogens is 377 g/mol. The van der Waals surface area contributed by atoms with Crippen LogP contribution < -0.4 is 25.1 Å². The smallest absolute Gasteiger partial charge is 2.00 e. The molecule has 0 unspecified atom stereocenters. The van der Waals surface area contributed by atoms with Crippen molar-refractivity contribution in [1.29, 1.82) is 0 Å². The molecule has 0 aliphatic rings. The first-order chi connectivity index (χ1) is 7.07. The molecule has 0 aromatic carbocycles. The maximum atomic E-state index is 8.25. The zero-order valence-electron chi connectivity index (χ0n) is 8.25. The first-order valence-electron chi connectivity index (χ1n) is 2.36. The van der Waals surface area contributed by atoms with Crippen LogP contribution in [0.4, 0.5) is 0 Å². The van der Waals surface area contributed by atoms with E-state index in [1.807, 2.05) is 0 Å². The Hall–Kier alpha value is 0.286. The topological polar surface area (TPSA) is 201 Å². The third-order valence-electron chi connectivity index (χ3n) is 0. The zero-order chi connectivity index (χ0) is 13.5. The van der Waals surface area contributed by atoms with Crippen molar-refractivity contribution in [2.24, 2.45) is 0 Å². The molecule has 0 saturated carbocycles. The molecule has 0 amide bonds. The van der Waals surface area contributed by atoms with Gasteiger partial charge in [0.15, 0.2) is 0 Å². The Bertz CT molecular complexity index is 97.0. The third kappa shape index (κ3) is 40700. The van der Waals surface area contributed by atoms with Gasteiger partial charge in [0, 0.05) is 0 Å². The van der Waals surface area contributed by atoms with E-state index < -0.39 is 36.8 Å². The fourth-order valence-electron chi connectivity index (χ4n) is 0. The van der Waals surface area contributed by atoms with Gasteiger partial charge in [0.2, 0.25) is 0 Å². The quantitative estimate of drug-likeness (QED) is 0.365. The molecule has 0 rings (SSSR count). The van der Waals surface area contributed by atoms with Crippen molar-refractivity contribution in [2.45, 2.75) is 0 Å². The Labute approximate surface area is 143 Å². The van der Waals surface area contributed by atoms with Crippen molar-refractivity contribution in [2.75, 3.05) is 0 Å². The van der Waals surface area contributed by atoms with Gasteiger partial charge in [-0.1, -0.05) is 0 Å². The Morgan fingerprint density at radius 3 is 0.471 bits per heavy atom. The van der Waals surface area contributed by atoms with E-state index in [-0.39, 0.29) is 58.7 Å². The predicted molar refractivity (Wildman–Crippen MR) is 38.0 cm³/mol. The standard InChI is InChI=1S/5BO2.La.Mg/c5*2-1-3;;/q5*-1;+3;+2. The van der Waals surface area contributed by atoms with E-state index in [2.05, 4.69) is 0 Å². The minimum absolute atomic E-state index is 0. The van der Waals surface area contributed by atoms with Gasteiger partial charge in [0.25, 0.3) is 0 Å². The molecule has 0 aromatic rings. The monoisotopic (exact) mass is 378 g/mol. The molecule has 0 aromatic heterocycles. The van der Waals surface area contributed by atoms with Crippen LogP contribution in [0.5, 0.6) is 0 Å². The summed E-state index contributed by atoms with van der Waals surface area (Å²) in [5, 5.41) is 41.2. The third-order valence-corrected chi connectivity index (χ3v) is 0. The molecule has 10 nitrogen and oxygen atoms in total. The van der Waals surface area contributed by atoms with E-state index in [4.69, 9.17) is 48.6 Å². The summed E-state index contributed by atoms with van der Waals surface area (Å²) in [5.41, 5.74) is 0. The largest absolute Gasteiger partial charge is 3.00 e. The summed E-state index contributed by atoms with van der Waals surface area (Å²) in [5.74, 6) is 0. The average molecular weight is 377 g/mol. The van der Waals surface area contributed by atoms with E-state index in [9.17, 15) is 0 Å². The van der Waals surface area contributed by atoms with E-state index in [0.717, 1.165) is 0 Å². The second-order valence-corrected chi connectivity index (χ2v) is 0.481. The molecular formula is B5LaMgO10. The molecule has 80 valence electrons. The molecule has 17 heteroatoms. The minimum Gasteiger partial charge on any atom is 2.00 e. The van der Waals surface area contributed by atoms with Crippen LogP contribution in [0.3, 0.4) is 0 Å². The van der Waals surface area contributed by atoms with Crippen molar-refractivity contribution in [1.82, 2.24) is 0 Å². The summed E-state index contributed by atoms with van der Waals surface area (Å²) in [7, 11) is -2.50. The van der Waals surface area contributed by atoms with Crippen LogP contribution in [0.25, 0.3) is 0 Å². The summed E-state index contributed by atoms with van der Waals surface area (Å²) >= 11 is 0. The SMILES string of the molecule is O=B[O-].O=B[O-].O=B[O-].O=B[O-].O=B[O-].[La+3].[Mg+2]. The summed E-state index contributed by atoms with van der Waals surface area (Å²) in [6.45, 7) is 0. The summed E-state index contributed by atoms with van der Waals surface area (Å²) < 4.78 is 41.2. The predicted octanol–water partition coefficient (Wildman–Crippen LogP) is -8.82. The van der Waals surface area contributed by atoms with Gasteiger partial charge in [-0.25, -0.2) is 0 Å². The zero-order valence-corrected chi connectivity index (χ0v) is 13.3. The second-order valence-electron chi connectivity index (χ2n) is 0.481. The van der Waals surface area contributed by atoms with E-state index in [1.165, 1.54) is 0 Å². The van der Waals surface area contributed by atoms with E-state index in [1.54, 1.807) is 0 Å². The first-order valence-corrected chi connectivity index (χ1v) is 2.36. The maximum Gasteiger partial charge on any atom is 3.00 e. The molecule has 0 saturated heterocycles. The molecule has 0 aliphatic carbocycles. The molecule has 0 atom stereocenters. The first kappa shape index (κ1) is 43.3. The Kier molecular flexibility index (Phi) is 347. The Morgan fingerprint density at radius 1 is 0.471 bits per heavy atom. The van der Waals surface area contributed by atoms with Gasteiger partial charge in [-0.15, -0.1) is 0 Å². The molecule has 0 N–H and O–H groups in total. The van der Waals surface area contributed by atoms with E-state index >= 15 is 0 Å². The van der Waals surface area contributed by atoms with Crippen LogP contribution in [0.2, 0.25) is 0 Å². The van der Waals surface area contributed by atoms with Crippen LogP contribution in [0, 0.1) is 35.6 Å². The molecule has 0 spiro atoms. The van der Waals surface area contributed by atoms with Gasteiger partial charge >= 0.3 is 144 Å². The number of hydrogen-bond donors (Lipinski definition) is 0. The fraction of sp³-hybridized carbons (Fsp3) is 0. The van der Waals surface area contributed by atoms with Crippen LogP contribution >= 0.6 is 0 Å². The molecule has 0 aliphatic heterocycles. The molecule has 17 heavy (non-hydrogen) atoms. The van der Waals surface area contributed by atoms with Crippen LogP contribution in [-0.4, -0.2) is 59.8 Å². The van der Waals surface area contributed by atoms with Crippen molar-refractivity contribution in [3.63, 3.8) is 0 Å². The molecule has 0 bridgehead atoms. The van der Waals surface area contributed by atoms with E-state index in [0.29, 0.717) is 0 Å². The van der Waals surface area contributed by atoms with Crippen LogP contribution in [-0.2, 0) is 23.5 Å². The summed E-state index contributed by atoms with van der Waals surface area (Å²) in [6.07, 6.45) is 0. The molecule has 0 fully saturated rings. The molecule has 0 radical (unpaired) electrons. The van der Waals surface area contributed by atoms with Gasteiger partial charge in [-0.3, -0.25) is 0 Å². The van der Waals surface area contributed by atoms with Crippen LogP contribution in [0.15, 0.2) is 0 Å². The Balaban J connectivity index is -0.0000000143. The molecule has 0 heterocycles. The van der Waals surface area contributed by atoms with Gasteiger partial charge in [-0.05, 0) is 0 Å². The normalized spacial score (nSPS) is 2.35. The van der Waals surface area contributed by atoms with Gasteiger partial charge in [0.05, 0.1) is 0 Å². The van der Waals surface area contributed by atoms with Gasteiger partial charge < -0.3 is 0 Å². The average Bonchev–Trinajstić information content (AvgIpc) is 2.09. The summed E-state index contributed by atoms with van der Waals surface area (Å²) in [4.78, 5) is 0. The van der Waals surface area contributed by atoms with Crippen molar-refractivity contribution >= 4 is 59.8 Å². The second kappa shape index (κ2) is 136. The fourth-order valence-corrected chi connectivity index (χ4v) is 0. The van der Waals surface area contributed by atoms with Gasteiger partial charge in [0.1, 0.15) is 0 Å².